The molecule has 1 rings (SSSR count). The molecule has 0 aliphatic carbocycles. The van der Waals surface area contributed by atoms with Crippen LogP contribution in [-0.4, -0.2) is 10.1 Å². The van der Waals surface area contributed by atoms with E-state index in [1.165, 1.54) is 0 Å². The summed E-state index contributed by atoms with van der Waals surface area (Å²) < 4.78 is 4.83. The molecular formula is C7H11N3O. The molecule has 60 valence electrons. The van der Waals surface area contributed by atoms with Crippen LogP contribution in [0.5, 0.6) is 0 Å². The van der Waals surface area contributed by atoms with E-state index in [0.29, 0.717) is 18.3 Å². The Morgan fingerprint density at radius 2 is 2.45 bits per heavy atom. The standard InChI is InChI=1S/C7H11N3O/c1-2-3-4-7-9-6(5-8)10-11-7/h3-4H,2,5,8H2,1H3/b4-3+. The second kappa shape index (κ2) is 3.88. The topological polar surface area (TPSA) is 64.9 Å². The minimum absolute atomic E-state index is 0.323. The first-order chi connectivity index (χ1) is 5.36. The van der Waals surface area contributed by atoms with Gasteiger partial charge in [0.25, 0.3) is 0 Å². The van der Waals surface area contributed by atoms with Crippen LogP contribution in [0, 0.1) is 0 Å². The molecule has 11 heavy (non-hydrogen) atoms. The monoisotopic (exact) mass is 153 g/mol. The van der Waals surface area contributed by atoms with Crippen LogP contribution in [0.4, 0.5) is 0 Å². The maximum Gasteiger partial charge on any atom is 0.250 e. The van der Waals surface area contributed by atoms with Crippen LogP contribution in [0.25, 0.3) is 6.08 Å². The second-order valence-corrected chi connectivity index (χ2v) is 2.06. The molecule has 1 heterocycles. The molecule has 4 nitrogen and oxygen atoms in total. The van der Waals surface area contributed by atoms with Gasteiger partial charge >= 0.3 is 0 Å². The lowest BCUT2D eigenvalue weighted by Crippen LogP contribution is -1.97. The molecule has 1 aromatic heterocycles. The van der Waals surface area contributed by atoms with Gasteiger partial charge in [0.2, 0.25) is 5.89 Å². The average Bonchev–Trinajstić information content (AvgIpc) is 2.48. The zero-order chi connectivity index (χ0) is 8.10. The smallest absolute Gasteiger partial charge is 0.250 e. The van der Waals surface area contributed by atoms with Crippen LogP contribution < -0.4 is 5.73 Å². The van der Waals surface area contributed by atoms with Crippen LogP contribution in [0.2, 0.25) is 0 Å². The van der Waals surface area contributed by atoms with E-state index in [9.17, 15) is 0 Å². The Labute approximate surface area is 65.1 Å². The van der Waals surface area contributed by atoms with Crippen molar-refractivity contribution in [1.82, 2.24) is 10.1 Å². The normalized spacial score (nSPS) is 11.1. The summed E-state index contributed by atoms with van der Waals surface area (Å²) in [7, 11) is 0. The zero-order valence-corrected chi connectivity index (χ0v) is 6.45. The molecule has 0 bridgehead atoms. The number of nitrogens with zero attached hydrogens (tertiary/aromatic N) is 2. The third kappa shape index (κ3) is 2.16. The zero-order valence-electron chi connectivity index (χ0n) is 6.45. The van der Waals surface area contributed by atoms with E-state index in [1.807, 2.05) is 13.0 Å². The van der Waals surface area contributed by atoms with Crippen molar-refractivity contribution in [2.75, 3.05) is 0 Å². The fourth-order valence-corrected chi connectivity index (χ4v) is 0.637. The van der Waals surface area contributed by atoms with E-state index in [0.717, 1.165) is 6.42 Å². The minimum atomic E-state index is 0.323. The third-order valence-electron chi connectivity index (χ3n) is 1.16. The van der Waals surface area contributed by atoms with Crippen molar-refractivity contribution < 1.29 is 4.52 Å². The largest absolute Gasteiger partial charge is 0.335 e. The minimum Gasteiger partial charge on any atom is -0.335 e. The molecule has 0 aliphatic rings. The molecule has 0 atom stereocenters. The van der Waals surface area contributed by atoms with Crippen LogP contribution >= 0.6 is 0 Å². The van der Waals surface area contributed by atoms with Crippen LogP contribution in [0.3, 0.4) is 0 Å². The molecular weight excluding hydrogens is 142 g/mol. The number of nitrogens with two attached hydrogens (primary N) is 1. The SMILES string of the molecule is CC/C=C/c1nc(CN)no1. The van der Waals surface area contributed by atoms with E-state index in [4.69, 9.17) is 10.3 Å². The molecule has 0 unspecified atom stereocenters. The van der Waals surface area contributed by atoms with Gasteiger partial charge in [-0.2, -0.15) is 4.98 Å². The lowest BCUT2D eigenvalue weighted by molar-refractivity contribution is 0.403. The van der Waals surface area contributed by atoms with Gasteiger partial charge in [-0.25, -0.2) is 0 Å². The van der Waals surface area contributed by atoms with Crippen molar-refractivity contribution in [2.45, 2.75) is 19.9 Å². The van der Waals surface area contributed by atoms with E-state index >= 15 is 0 Å². The maximum atomic E-state index is 5.28. The number of rotatable bonds is 3. The van der Waals surface area contributed by atoms with E-state index in [-0.39, 0.29) is 0 Å². The highest BCUT2D eigenvalue weighted by Gasteiger charge is 1.98. The summed E-state index contributed by atoms with van der Waals surface area (Å²) in [5.41, 5.74) is 5.28. The van der Waals surface area contributed by atoms with E-state index < -0.39 is 0 Å². The van der Waals surface area contributed by atoms with Gasteiger partial charge in [0, 0.05) is 0 Å². The summed E-state index contributed by atoms with van der Waals surface area (Å²) in [6.07, 6.45) is 4.69. The molecule has 0 aliphatic heterocycles. The van der Waals surface area contributed by atoms with Crippen molar-refractivity contribution in [3.63, 3.8) is 0 Å². The third-order valence-corrected chi connectivity index (χ3v) is 1.16. The quantitative estimate of drug-likeness (QED) is 0.702. The van der Waals surface area contributed by atoms with Gasteiger partial charge in [-0.15, -0.1) is 0 Å². The number of allylic oxidation sites excluding steroid dienone is 1. The molecule has 4 heteroatoms. The van der Waals surface area contributed by atoms with Gasteiger partial charge in [0.1, 0.15) is 0 Å². The molecule has 0 radical (unpaired) electrons. The lowest BCUT2D eigenvalue weighted by Gasteiger charge is -1.77. The summed E-state index contributed by atoms with van der Waals surface area (Å²) in [6, 6.07) is 0. The predicted octanol–water partition coefficient (Wildman–Crippen LogP) is 0.952. The van der Waals surface area contributed by atoms with Crippen LogP contribution in [-0.2, 0) is 6.54 Å². The highest BCUT2D eigenvalue weighted by molar-refractivity contribution is 5.36. The summed E-state index contributed by atoms with van der Waals surface area (Å²) in [4.78, 5) is 3.98. The van der Waals surface area contributed by atoms with Crippen molar-refractivity contribution in [3.8, 4) is 0 Å². The Balaban J connectivity index is 2.65. The van der Waals surface area contributed by atoms with Crippen molar-refractivity contribution in [2.24, 2.45) is 5.73 Å². The highest BCUT2D eigenvalue weighted by atomic mass is 16.5. The molecule has 0 saturated carbocycles. The molecule has 0 amide bonds. The summed E-state index contributed by atoms with van der Waals surface area (Å²) in [6.45, 7) is 2.36. The number of hydrogen-bond acceptors (Lipinski definition) is 4. The van der Waals surface area contributed by atoms with Gasteiger partial charge in [0.15, 0.2) is 5.82 Å². The maximum absolute atomic E-state index is 5.28. The van der Waals surface area contributed by atoms with Crippen molar-refractivity contribution >= 4 is 6.08 Å². The Morgan fingerprint density at radius 1 is 1.64 bits per heavy atom. The Bertz CT molecular complexity index is 242. The van der Waals surface area contributed by atoms with Crippen LogP contribution in [0.1, 0.15) is 25.1 Å². The summed E-state index contributed by atoms with van der Waals surface area (Å²) in [5, 5.41) is 3.63. The Hall–Kier alpha value is -1.16. The van der Waals surface area contributed by atoms with Crippen molar-refractivity contribution in [1.29, 1.82) is 0 Å². The molecule has 0 aromatic carbocycles. The van der Waals surface area contributed by atoms with E-state index in [2.05, 4.69) is 10.1 Å². The predicted molar refractivity (Wildman–Crippen MR) is 41.5 cm³/mol. The molecule has 0 fully saturated rings. The van der Waals surface area contributed by atoms with Crippen molar-refractivity contribution in [3.05, 3.63) is 17.8 Å². The second-order valence-electron chi connectivity index (χ2n) is 2.06. The number of aromatic nitrogens is 2. The average molecular weight is 153 g/mol. The first-order valence-corrected chi connectivity index (χ1v) is 3.56. The molecule has 0 spiro atoms. The first kappa shape index (κ1) is 7.94. The van der Waals surface area contributed by atoms with Gasteiger partial charge < -0.3 is 10.3 Å². The Kier molecular flexibility index (Phi) is 2.80. The summed E-state index contributed by atoms with van der Waals surface area (Å²) >= 11 is 0. The number of hydrogen-bond donors (Lipinski definition) is 1. The first-order valence-electron chi connectivity index (χ1n) is 3.56. The Morgan fingerprint density at radius 3 is 3.00 bits per heavy atom. The van der Waals surface area contributed by atoms with E-state index in [1.54, 1.807) is 6.08 Å². The fourth-order valence-electron chi connectivity index (χ4n) is 0.637. The molecule has 2 N–H and O–H groups in total. The lowest BCUT2D eigenvalue weighted by atomic mass is 10.4. The molecule has 0 saturated heterocycles. The summed E-state index contributed by atoms with van der Waals surface area (Å²) in [5.74, 6) is 1.06. The van der Waals surface area contributed by atoms with Gasteiger partial charge in [0.05, 0.1) is 6.54 Å². The van der Waals surface area contributed by atoms with Gasteiger partial charge in [-0.3, -0.25) is 0 Å². The highest BCUT2D eigenvalue weighted by Crippen LogP contribution is 1.99. The van der Waals surface area contributed by atoms with Gasteiger partial charge in [-0.05, 0) is 12.5 Å². The van der Waals surface area contributed by atoms with Crippen LogP contribution in [0.15, 0.2) is 10.6 Å². The fraction of sp³-hybridized carbons (Fsp3) is 0.429. The van der Waals surface area contributed by atoms with Gasteiger partial charge in [-0.1, -0.05) is 18.2 Å². The molecule has 1 aromatic rings.